The van der Waals surface area contributed by atoms with Crippen molar-refractivity contribution < 1.29 is 31.3 Å². The first-order chi connectivity index (χ1) is 7.62. The quantitative estimate of drug-likeness (QED) is 0.348. The Morgan fingerprint density at radius 1 is 1.53 bits per heavy atom. The van der Waals surface area contributed by atoms with Crippen molar-refractivity contribution >= 4 is 22.3 Å². The zero-order valence-electron chi connectivity index (χ0n) is 9.05. The van der Waals surface area contributed by atoms with Crippen LogP contribution >= 0.6 is 0 Å². The summed E-state index contributed by atoms with van der Waals surface area (Å²) in [4.78, 5) is 14.6. The van der Waals surface area contributed by atoms with Crippen molar-refractivity contribution in [1.82, 2.24) is 0 Å². The maximum Gasteiger partial charge on any atom is 0.402 e. The molecular formula is C8H11F2NO5S. The second kappa shape index (κ2) is 5.82. The minimum Gasteiger partial charge on any atom is -0.455 e. The third-order valence-corrected chi connectivity index (χ3v) is 2.36. The predicted molar refractivity (Wildman–Crippen MR) is 55.4 cm³/mol. The van der Waals surface area contributed by atoms with Gasteiger partial charge in [-0.1, -0.05) is 0 Å². The van der Waals surface area contributed by atoms with Crippen molar-refractivity contribution in [3.8, 4) is 0 Å². The molecule has 17 heavy (non-hydrogen) atoms. The summed E-state index contributed by atoms with van der Waals surface area (Å²) >= 11 is 0. The van der Waals surface area contributed by atoms with Gasteiger partial charge in [-0.15, -0.1) is 0 Å². The Hall–Kier alpha value is -1.35. The largest absolute Gasteiger partial charge is 0.455 e. The molecule has 0 radical (unpaired) electrons. The summed E-state index contributed by atoms with van der Waals surface area (Å²) in [5.74, 6) is -1.15. The second-order valence-corrected chi connectivity index (χ2v) is 4.46. The Morgan fingerprint density at radius 3 is 2.47 bits per heavy atom. The molecule has 0 heterocycles. The first-order valence-electron chi connectivity index (χ1n) is 4.28. The highest BCUT2D eigenvalue weighted by Crippen LogP contribution is 2.20. The molecule has 0 aromatic carbocycles. The Kier molecular flexibility index (Phi) is 5.36. The van der Waals surface area contributed by atoms with Gasteiger partial charge in [0.2, 0.25) is 0 Å². The van der Waals surface area contributed by atoms with E-state index in [1.165, 1.54) is 13.1 Å². The number of hydrogen-bond donors (Lipinski definition) is 1. The number of esters is 1. The molecule has 0 fully saturated rings. The van der Waals surface area contributed by atoms with Crippen LogP contribution in [0.2, 0.25) is 0 Å². The molecule has 6 nitrogen and oxygen atoms in total. The fourth-order valence-corrected chi connectivity index (χ4v) is 0.785. The van der Waals surface area contributed by atoms with Crippen LogP contribution in [0.1, 0.15) is 13.8 Å². The number of carbonyl (C=O) groups excluding carboxylic acids is 1. The highest BCUT2D eigenvalue weighted by Gasteiger charge is 2.45. The fraction of sp³-hybridized carbons (Fsp3) is 0.500. The van der Waals surface area contributed by atoms with E-state index in [1.54, 1.807) is 6.92 Å². The van der Waals surface area contributed by atoms with E-state index in [9.17, 15) is 22.0 Å². The Bertz CT molecular complexity index is 441. The van der Waals surface area contributed by atoms with E-state index >= 15 is 0 Å². The average Bonchev–Trinajstić information content (AvgIpc) is 2.20. The zero-order chi connectivity index (χ0) is 13.7. The van der Waals surface area contributed by atoms with Crippen LogP contribution < -0.4 is 0 Å². The van der Waals surface area contributed by atoms with E-state index in [-0.39, 0.29) is 5.57 Å². The predicted octanol–water partition coefficient (Wildman–Crippen LogP) is 1.00. The fourth-order valence-electron chi connectivity index (χ4n) is 0.577. The molecule has 0 saturated carbocycles. The third kappa shape index (κ3) is 5.00. The maximum absolute atomic E-state index is 12.6. The van der Waals surface area contributed by atoms with Crippen LogP contribution in [-0.4, -0.2) is 37.0 Å². The molecule has 9 heteroatoms. The number of aliphatic imine (C=N–C) groups is 1. The van der Waals surface area contributed by atoms with Crippen LogP contribution in [0.4, 0.5) is 8.78 Å². The molecule has 0 aromatic heterocycles. The van der Waals surface area contributed by atoms with Gasteiger partial charge < -0.3 is 4.74 Å². The molecule has 0 bridgehead atoms. The lowest BCUT2D eigenvalue weighted by molar-refractivity contribution is -0.144. The van der Waals surface area contributed by atoms with Crippen molar-refractivity contribution in [2.75, 3.05) is 6.61 Å². The molecule has 98 valence electrons. The summed E-state index contributed by atoms with van der Waals surface area (Å²) in [6.45, 7) is 1.06. The minimum atomic E-state index is -5.60. The summed E-state index contributed by atoms with van der Waals surface area (Å²) in [6, 6.07) is 0. The molecule has 0 unspecified atom stereocenters. The van der Waals surface area contributed by atoms with Gasteiger partial charge in [-0.2, -0.15) is 17.2 Å². The summed E-state index contributed by atoms with van der Waals surface area (Å²) in [5.41, 5.74) is -0.0887. The Labute approximate surface area is 96.7 Å². The minimum absolute atomic E-state index is 0.0887. The van der Waals surface area contributed by atoms with E-state index in [0.29, 0.717) is 0 Å². The number of carbonyl (C=O) groups is 1. The number of alkyl halides is 2. The monoisotopic (exact) mass is 271 g/mol. The molecule has 0 aromatic rings. The van der Waals surface area contributed by atoms with Crippen LogP contribution in [-0.2, 0) is 19.6 Å². The maximum atomic E-state index is 12.6. The van der Waals surface area contributed by atoms with Gasteiger partial charge in [0.05, 0.1) is 5.57 Å². The molecule has 0 amide bonds. The molecule has 0 aliphatic carbocycles. The van der Waals surface area contributed by atoms with Crippen LogP contribution in [0, 0.1) is 0 Å². The molecule has 0 aliphatic heterocycles. The lowest BCUT2D eigenvalue weighted by Crippen LogP contribution is -2.34. The van der Waals surface area contributed by atoms with Gasteiger partial charge in [0.25, 0.3) is 0 Å². The third-order valence-electron chi connectivity index (χ3n) is 1.49. The molecule has 0 spiro atoms. The van der Waals surface area contributed by atoms with Gasteiger partial charge in [0, 0.05) is 12.4 Å². The number of hydrogen-bond acceptors (Lipinski definition) is 5. The first kappa shape index (κ1) is 15.7. The lowest BCUT2D eigenvalue weighted by Gasteiger charge is -2.12. The summed E-state index contributed by atoms with van der Waals surface area (Å²) in [5, 5.41) is -4.53. The van der Waals surface area contributed by atoms with Gasteiger partial charge in [-0.25, -0.2) is 4.79 Å². The van der Waals surface area contributed by atoms with E-state index < -0.39 is 27.9 Å². The van der Waals surface area contributed by atoms with Crippen LogP contribution in [0.25, 0.3) is 0 Å². The van der Waals surface area contributed by atoms with Crippen molar-refractivity contribution in [2.45, 2.75) is 19.1 Å². The van der Waals surface area contributed by atoms with Crippen LogP contribution in [0.3, 0.4) is 0 Å². The van der Waals surface area contributed by atoms with Crippen molar-refractivity contribution in [3.63, 3.8) is 0 Å². The molecule has 1 N–H and O–H groups in total. The van der Waals surface area contributed by atoms with Gasteiger partial charge in [0.15, 0.2) is 6.61 Å². The average molecular weight is 271 g/mol. The van der Waals surface area contributed by atoms with Crippen molar-refractivity contribution in [3.05, 3.63) is 11.8 Å². The van der Waals surface area contributed by atoms with Gasteiger partial charge in [0.1, 0.15) is 0 Å². The first-order valence-corrected chi connectivity index (χ1v) is 5.72. The Balaban J connectivity index is 4.56. The van der Waals surface area contributed by atoms with Gasteiger partial charge in [-0.3, -0.25) is 9.55 Å². The van der Waals surface area contributed by atoms with Crippen molar-refractivity contribution in [1.29, 1.82) is 0 Å². The van der Waals surface area contributed by atoms with Crippen LogP contribution in [0.5, 0.6) is 0 Å². The van der Waals surface area contributed by atoms with Gasteiger partial charge >= 0.3 is 21.3 Å². The standard InChI is InChI=1S/C8H11F2NO5S/c1-3-11-4-6(2)7(12)16-5-8(9,10)17(13,14)15/h3-4H,5H2,1-2H3,(H,13,14,15)/b6-4+,11-3?. The molecule has 0 saturated heterocycles. The van der Waals surface area contributed by atoms with E-state index in [2.05, 4.69) is 9.73 Å². The number of nitrogens with zero attached hydrogens (tertiary/aromatic N) is 1. The molecule has 0 atom stereocenters. The molecule has 0 aliphatic rings. The summed E-state index contributed by atoms with van der Waals surface area (Å²) in [6.07, 6.45) is 2.41. The summed E-state index contributed by atoms with van der Waals surface area (Å²) < 4.78 is 57.8. The molecular weight excluding hydrogens is 260 g/mol. The molecule has 0 rings (SSSR count). The van der Waals surface area contributed by atoms with E-state index in [0.717, 1.165) is 6.20 Å². The van der Waals surface area contributed by atoms with Gasteiger partial charge in [-0.05, 0) is 13.8 Å². The number of halogens is 2. The second-order valence-electron chi connectivity index (χ2n) is 2.91. The number of ether oxygens (including phenoxy) is 1. The summed E-state index contributed by atoms with van der Waals surface area (Å²) in [7, 11) is -5.60. The SMILES string of the molecule is CC=N/C=C(\C)C(=O)OCC(F)(F)S(=O)(=O)O. The van der Waals surface area contributed by atoms with Crippen LogP contribution in [0.15, 0.2) is 16.8 Å². The zero-order valence-corrected chi connectivity index (χ0v) is 9.87. The Morgan fingerprint density at radius 2 is 2.06 bits per heavy atom. The smallest absolute Gasteiger partial charge is 0.402 e. The highest BCUT2D eigenvalue weighted by molar-refractivity contribution is 7.86. The highest BCUT2D eigenvalue weighted by atomic mass is 32.2. The number of rotatable bonds is 5. The van der Waals surface area contributed by atoms with E-state index in [4.69, 9.17) is 4.55 Å². The van der Waals surface area contributed by atoms with E-state index in [1.807, 2.05) is 0 Å². The topological polar surface area (TPSA) is 93.0 Å². The normalized spacial score (nSPS) is 14.1. The van der Waals surface area contributed by atoms with Crippen molar-refractivity contribution in [2.24, 2.45) is 4.99 Å². The lowest BCUT2D eigenvalue weighted by atomic mass is 10.3.